The van der Waals surface area contributed by atoms with Gasteiger partial charge in [-0.2, -0.15) is 0 Å². The van der Waals surface area contributed by atoms with Gasteiger partial charge in [-0.05, 0) is 18.8 Å². The quantitative estimate of drug-likeness (QED) is 0.526. The van der Waals surface area contributed by atoms with E-state index < -0.39 is 6.10 Å². The third-order valence-electron chi connectivity index (χ3n) is 7.99. The van der Waals surface area contributed by atoms with E-state index >= 15 is 0 Å². The molecule has 0 aromatic carbocycles. The molecular formula is C21H33N2O4+. The number of hydrogen-bond donors (Lipinski definition) is 2. The van der Waals surface area contributed by atoms with Crippen molar-refractivity contribution < 1.29 is 24.3 Å². The van der Waals surface area contributed by atoms with Crippen molar-refractivity contribution in [3.63, 3.8) is 0 Å². The van der Waals surface area contributed by atoms with Crippen molar-refractivity contribution in [2.75, 3.05) is 32.7 Å². The van der Waals surface area contributed by atoms with Crippen molar-refractivity contribution in [1.29, 1.82) is 0 Å². The van der Waals surface area contributed by atoms with Gasteiger partial charge in [0.15, 0.2) is 0 Å². The SMILES string of the molecule is CC(=O)N1CC[NH+](C[C@H]2C(=O)O[C@@H]3CC4=CCC[C@@H](C)[C@@]4(C)[C@H](O)[C@@H]32)CC1. The molecule has 2 heterocycles. The molecule has 2 aliphatic heterocycles. The van der Waals surface area contributed by atoms with Crippen molar-refractivity contribution in [1.82, 2.24) is 4.90 Å². The van der Waals surface area contributed by atoms with Gasteiger partial charge < -0.3 is 19.6 Å². The second-order valence-electron chi connectivity index (χ2n) is 9.26. The topological polar surface area (TPSA) is 71.3 Å². The molecule has 1 saturated carbocycles. The van der Waals surface area contributed by atoms with Gasteiger partial charge in [0.1, 0.15) is 12.0 Å². The zero-order chi connectivity index (χ0) is 19.3. The summed E-state index contributed by atoms with van der Waals surface area (Å²) in [6.45, 7) is 9.92. The molecule has 0 spiro atoms. The minimum Gasteiger partial charge on any atom is -0.461 e. The number of hydrogen-bond acceptors (Lipinski definition) is 4. The van der Waals surface area contributed by atoms with Crippen LogP contribution in [-0.2, 0) is 14.3 Å². The fourth-order valence-corrected chi connectivity index (χ4v) is 5.95. The van der Waals surface area contributed by atoms with Gasteiger partial charge in [0.25, 0.3) is 0 Å². The Bertz CT molecular complexity index is 655. The number of piperazine rings is 1. The highest BCUT2D eigenvalue weighted by molar-refractivity contribution is 5.76. The number of esters is 1. The predicted molar refractivity (Wildman–Crippen MR) is 99.9 cm³/mol. The van der Waals surface area contributed by atoms with E-state index in [0.717, 1.165) is 45.4 Å². The smallest absolute Gasteiger partial charge is 0.315 e. The third kappa shape index (κ3) is 3.01. The highest BCUT2D eigenvalue weighted by Crippen LogP contribution is 2.55. The summed E-state index contributed by atoms with van der Waals surface area (Å²) in [5, 5.41) is 11.4. The molecule has 2 N–H and O–H groups in total. The molecule has 0 aromatic rings. The maximum Gasteiger partial charge on any atom is 0.315 e. The normalized spacial score (nSPS) is 42.2. The van der Waals surface area contributed by atoms with Crippen molar-refractivity contribution in [2.24, 2.45) is 23.2 Å². The molecule has 150 valence electrons. The molecule has 0 unspecified atom stereocenters. The Balaban J connectivity index is 1.50. The van der Waals surface area contributed by atoms with Crippen LogP contribution < -0.4 is 4.90 Å². The summed E-state index contributed by atoms with van der Waals surface area (Å²) >= 11 is 0. The van der Waals surface area contributed by atoms with Crippen molar-refractivity contribution in [3.05, 3.63) is 11.6 Å². The van der Waals surface area contributed by atoms with E-state index in [9.17, 15) is 14.7 Å². The van der Waals surface area contributed by atoms with Crippen LogP contribution in [0.25, 0.3) is 0 Å². The lowest BCUT2D eigenvalue weighted by molar-refractivity contribution is -0.906. The zero-order valence-corrected chi connectivity index (χ0v) is 16.7. The van der Waals surface area contributed by atoms with Gasteiger partial charge >= 0.3 is 5.97 Å². The van der Waals surface area contributed by atoms with E-state index in [1.54, 1.807) is 6.92 Å². The van der Waals surface area contributed by atoms with E-state index in [1.807, 2.05) is 4.90 Å². The Morgan fingerprint density at radius 2 is 2.11 bits per heavy atom. The number of aliphatic hydroxyl groups is 1. The molecule has 6 heteroatoms. The van der Waals surface area contributed by atoms with Crippen LogP contribution in [0, 0.1) is 23.2 Å². The average molecular weight is 378 g/mol. The van der Waals surface area contributed by atoms with Gasteiger partial charge in [0.2, 0.25) is 5.91 Å². The molecule has 3 fully saturated rings. The molecule has 2 saturated heterocycles. The number of nitrogens with zero attached hydrogens (tertiary/aromatic N) is 1. The lowest BCUT2D eigenvalue weighted by atomic mass is 9.55. The zero-order valence-electron chi connectivity index (χ0n) is 16.7. The second kappa shape index (κ2) is 6.89. The van der Waals surface area contributed by atoms with E-state index in [-0.39, 0.29) is 35.2 Å². The van der Waals surface area contributed by atoms with Crippen LogP contribution >= 0.6 is 0 Å². The number of carbonyl (C=O) groups is 2. The Hall–Kier alpha value is -1.40. The minimum absolute atomic E-state index is 0.112. The molecule has 4 rings (SSSR count). The maximum atomic E-state index is 12.7. The molecule has 4 aliphatic rings. The van der Waals surface area contributed by atoms with Crippen LogP contribution in [0.15, 0.2) is 11.6 Å². The summed E-state index contributed by atoms with van der Waals surface area (Å²) < 4.78 is 5.76. The fourth-order valence-electron chi connectivity index (χ4n) is 5.95. The lowest BCUT2D eigenvalue weighted by Crippen LogP contribution is -3.15. The standard InChI is InChI=1S/C21H32N2O4/c1-13-5-4-6-15-11-17-18(19(25)21(13,15)3)16(20(26)27-17)12-22-7-9-23(10-8-22)14(2)24/h6,13,16-19,25H,4-5,7-12H2,1-3H3/p+1/t13-,16-,17-,18-,19-,21-/m1/s1. The number of fused-ring (bicyclic) bond motifs is 2. The predicted octanol–water partition coefficient (Wildman–Crippen LogP) is 0.0184. The van der Waals surface area contributed by atoms with Crippen LogP contribution in [0.4, 0.5) is 0 Å². The number of amides is 1. The first-order valence-corrected chi connectivity index (χ1v) is 10.5. The Morgan fingerprint density at radius 1 is 1.41 bits per heavy atom. The highest BCUT2D eigenvalue weighted by Gasteiger charge is 2.60. The van der Waals surface area contributed by atoms with E-state index in [4.69, 9.17) is 4.74 Å². The first-order valence-electron chi connectivity index (χ1n) is 10.5. The van der Waals surface area contributed by atoms with E-state index in [0.29, 0.717) is 12.5 Å². The molecule has 6 atom stereocenters. The molecule has 1 amide bonds. The van der Waals surface area contributed by atoms with Crippen LogP contribution in [0.5, 0.6) is 0 Å². The van der Waals surface area contributed by atoms with Crippen molar-refractivity contribution >= 4 is 11.9 Å². The third-order valence-corrected chi connectivity index (χ3v) is 7.99. The Labute approximate surface area is 161 Å². The van der Waals surface area contributed by atoms with Gasteiger partial charge in [0.05, 0.1) is 38.8 Å². The minimum atomic E-state index is -0.535. The number of nitrogens with one attached hydrogen (secondary N) is 1. The Kier molecular flexibility index (Phi) is 4.83. The Morgan fingerprint density at radius 3 is 2.78 bits per heavy atom. The van der Waals surface area contributed by atoms with Gasteiger partial charge in [0, 0.05) is 24.7 Å². The van der Waals surface area contributed by atoms with E-state index in [1.165, 1.54) is 10.5 Å². The van der Waals surface area contributed by atoms with Crippen LogP contribution in [0.2, 0.25) is 0 Å². The lowest BCUT2D eigenvalue weighted by Gasteiger charge is -2.51. The van der Waals surface area contributed by atoms with Crippen LogP contribution in [-0.4, -0.2) is 66.8 Å². The molecule has 6 nitrogen and oxygen atoms in total. The molecule has 27 heavy (non-hydrogen) atoms. The van der Waals surface area contributed by atoms with Crippen molar-refractivity contribution in [2.45, 2.75) is 52.2 Å². The summed E-state index contributed by atoms with van der Waals surface area (Å²) in [5.74, 6) is 0.0443. The van der Waals surface area contributed by atoms with Gasteiger partial charge in [-0.1, -0.05) is 25.5 Å². The second-order valence-corrected chi connectivity index (χ2v) is 9.26. The van der Waals surface area contributed by atoms with Gasteiger partial charge in [-0.25, -0.2) is 0 Å². The first kappa shape index (κ1) is 18.9. The molecule has 0 aromatic heterocycles. The van der Waals surface area contributed by atoms with E-state index in [2.05, 4.69) is 19.9 Å². The number of quaternary nitrogens is 1. The number of ether oxygens (including phenoxy) is 1. The maximum absolute atomic E-state index is 12.7. The molecule has 0 bridgehead atoms. The summed E-state index contributed by atoms with van der Waals surface area (Å²) in [4.78, 5) is 27.4. The van der Waals surface area contributed by atoms with Gasteiger partial charge in [-0.3, -0.25) is 9.59 Å². The molecule has 2 aliphatic carbocycles. The highest BCUT2D eigenvalue weighted by atomic mass is 16.6. The van der Waals surface area contributed by atoms with Crippen molar-refractivity contribution in [3.8, 4) is 0 Å². The number of aliphatic hydroxyl groups excluding tert-OH is 1. The monoisotopic (exact) mass is 377 g/mol. The number of rotatable bonds is 2. The number of allylic oxidation sites excluding steroid dienone is 1. The largest absolute Gasteiger partial charge is 0.461 e. The van der Waals surface area contributed by atoms with Crippen LogP contribution in [0.1, 0.15) is 40.0 Å². The summed E-state index contributed by atoms with van der Waals surface area (Å²) in [6, 6.07) is 0. The first-order chi connectivity index (χ1) is 12.8. The molecular weight excluding hydrogens is 344 g/mol. The fraction of sp³-hybridized carbons (Fsp3) is 0.810. The average Bonchev–Trinajstić information content (AvgIpc) is 2.94. The van der Waals surface area contributed by atoms with Crippen LogP contribution in [0.3, 0.4) is 0 Å². The summed E-state index contributed by atoms with van der Waals surface area (Å²) in [7, 11) is 0. The molecule has 0 radical (unpaired) electrons. The number of carbonyl (C=O) groups excluding carboxylic acids is 2. The summed E-state index contributed by atoms with van der Waals surface area (Å²) in [5.41, 5.74) is 1.04. The van der Waals surface area contributed by atoms with Gasteiger partial charge in [-0.15, -0.1) is 0 Å². The summed E-state index contributed by atoms with van der Waals surface area (Å²) in [6.07, 6.45) is 4.47.